The Hall–Kier alpha value is -0.910. The summed E-state index contributed by atoms with van der Waals surface area (Å²) in [6.07, 6.45) is 2.14. The highest BCUT2D eigenvalue weighted by molar-refractivity contribution is 7.88. The molecule has 1 atom stereocenters. The topological polar surface area (TPSA) is 49.4 Å². The van der Waals surface area contributed by atoms with Crippen molar-refractivity contribution in [2.75, 3.05) is 19.3 Å². The molecule has 0 bridgehead atoms. The molecule has 1 saturated heterocycles. The highest BCUT2D eigenvalue weighted by Gasteiger charge is 2.39. The Kier molecular flexibility index (Phi) is 3.99. The molecule has 1 aliphatic rings. The van der Waals surface area contributed by atoms with Crippen molar-refractivity contribution < 1.29 is 8.42 Å². The first-order valence-corrected chi connectivity index (χ1v) is 8.39. The molecule has 4 nitrogen and oxygen atoms in total. The molecule has 1 fully saturated rings. The summed E-state index contributed by atoms with van der Waals surface area (Å²) in [5, 5.41) is 3.45. The van der Waals surface area contributed by atoms with E-state index < -0.39 is 10.0 Å². The zero-order valence-corrected chi connectivity index (χ0v) is 12.6. The number of hydrogen-bond donors (Lipinski definition) is 1. The molecule has 0 radical (unpaired) electrons. The van der Waals surface area contributed by atoms with Crippen molar-refractivity contribution >= 4 is 10.0 Å². The van der Waals surface area contributed by atoms with Gasteiger partial charge in [0.2, 0.25) is 10.0 Å². The summed E-state index contributed by atoms with van der Waals surface area (Å²) in [5.41, 5.74) is 0.869. The van der Waals surface area contributed by atoms with Crippen molar-refractivity contribution in [3.05, 3.63) is 35.9 Å². The van der Waals surface area contributed by atoms with Crippen LogP contribution in [0.4, 0.5) is 0 Å². The maximum absolute atomic E-state index is 11.9. The first-order chi connectivity index (χ1) is 8.79. The van der Waals surface area contributed by atoms with E-state index in [0.29, 0.717) is 13.1 Å². The summed E-state index contributed by atoms with van der Waals surface area (Å²) < 4.78 is 25.4. The predicted molar refractivity (Wildman–Crippen MR) is 77.6 cm³/mol. The van der Waals surface area contributed by atoms with Gasteiger partial charge in [0.25, 0.3) is 0 Å². The lowest BCUT2D eigenvalue weighted by molar-refractivity contribution is 0.153. The predicted octanol–water partition coefficient (Wildman–Crippen LogP) is 1.24. The van der Waals surface area contributed by atoms with E-state index in [1.807, 2.05) is 32.0 Å². The number of hydrogen-bond acceptors (Lipinski definition) is 3. The molecule has 1 unspecified atom stereocenters. The molecule has 0 aromatic heterocycles. The monoisotopic (exact) mass is 282 g/mol. The average molecular weight is 282 g/mol. The molecule has 0 aliphatic carbocycles. The SMILES string of the molecule is CC1(C)CNC(Cc2ccccc2)CN1S(C)(=O)=O. The molecule has 0 spiro atoms. The van der Waals surface area contributed by atoms with Gasteiger partial charge in [-0.3, -0.25) is 0 Å². The van der Waals surface area contributed by atoms with Gasteiger partial charge in [-0.15, -0.1) is 0 Å². The Labute approximate surface area is 115 Å². The van der Waals surface area contributed by atoms with Gasteiger partial charge in [0, 0.05) is 24.7 Å². The molecule has 19 heavy (non-hydrogen) atoms. The normalized spacial score (nSPS) is 24.3. The molecule has 106 valence electrons. The molecular weight excluding hydrogens is 260 g/mol. The fourth-order valence-corrected chi connectivity index (χ4v) is 4.03. The van der Waals surface area contributed by atoms with Crippen LogP contribution in [0, 0.1) is 0 Å². The van der Waals surface area contributed by atoms with Crippen LogP contribution < -0.4 is 5.32 Å². The van der Waals surface area contributed by atoms with Crippen LogP contribution in [0.1, 0.15) is 19.4 Å². The molecule has 1 aromatic carbocycles. The van der Waals surface area contributed by atoms with Crippen molar-refractivity contribution in [3.63, 3.8) is 0 Å². The molecular formula is C14H22N2O2S. The summed E-state index contributed by atoms with van der Waals surface area (Å²) >= 11 is 0. The number of nitrogens with zero attached hydrogens (tertiary/aromatic N) is 1. The largest absolute Gasteiger partial charge is 0.310 e. The summed E-state index contributed by atoms with van der Waals surface area (Å²) in [4.78, 5) is 0. The summed E-state index contributed by atoms with van der Waals surface area (Å²) in [6.45, 7) is 5.12. The second-order valence-corrected chi connectivity index (χ2v) is 7.78. The van der Waals surface area contributed by atoms with E-state index in [1.54, 1.807) is 4.31 Å². The van der Waals surface area contributed by atoms with Gasteiger partial charge in [-0.2, -0.15) is 4.31 Å². The number of sulfonamides is 1. The van der Waals surface area contributed by atoms with Gasteiger partial charge in [0.05, 0.1) is 6.26 Å². The first kappa shape index (κ1) is 14.5. The number of benzene rings is 1. The lowest BCUT2D eigenvalue weighted by atomic mass is 9.97. The van der Waals surface area contributed by atoms with E-state index in [-0.39, 0.29) is 11.6 Å². The van der Waals surface area contributed by atoms with Crippen molar-refractivity contribution in [1.82, 2.24) is 9.62 Å². The maximum atomic E-state index is 11.9. The number of nitrogens with one attached hydrogen (secondary N) is 1. The summed E-state index contributed by atoms with van der Waals surface area (Å²) in [6, 6.07) is 10.3. The third-order valence-electron chi connectivity index (χ3n) is 3.61. The van der Waals surface area contributed by atoms with Gasteiger partial charge in [-0.1, -0.05) is 30.3 Å². The molecule has 1 heterocycles. The Morgan fingerprint density at radius 1 is 1.32 bits per heavy atom. The van der Waals surface area contributed by atoms with Crippen LogP contribution in [0.2, 0.25) is 0 Å². The van der Waals surface area contributed by atoms with E-state index >= 15 is 0 Å². The zero-order chi connectivity index (χ0) is 14.1. The van der Waals surface area contributed by atoms with Crippen molar-refractivity contribution in [1.29, 1.82) is 0 Å². The van der Waals surface area contributed by atoms with Crippen molar-refractivity contribution in [2.24, 2.45) is 0 Å². The van der Waals surface area contributed by atoms with Gasteiger partial charge in [0.15, 0.2) is 0 Å². The van der Waals surface area contributed by atoms with E-state index in [1.165, 1.54) is 11.8 Å². The fraction of sp³-hybridized carbons (Fsp3) is 0.571. The molecule has 0 amide bonds. The van der Waals surface area contributed by atoms with E-state index in [4.69, 9.17) is 0 Å². The minimum atomic E-state index is -3.17. The van der Waals surface area contributed by atoms with Gasteiger partial charge in [-0.25, -0.2) is 8.42 Å². The quantitative estimate of drug-likeness (QED) is 0.907. The zero-order valence-electron chi connectivity index (χ0n) is 11.8. The van der Waals surface area contributed by atoms with E-state index in [2.05, 4.69) is 17.4 Å². The second kappa shape index (κ2) is 5.23. The smallest absolute Gasteiger partial charge is 0.211 e. The molecule has 2 rings (SSSR count). The van der Waals surface area contributed by atoms with E-state index in [0.717, 1.165) is 6.42 Å². The second-order valence-electron chi connectivity index (χ2n) is 5.87. The van der Waals surface area contributed by atoms with Crippen molar-refractivity contribution in [2.45, 2.75) is 31.8 Å². The lowest BCUT2D eigenvalue weighted by Gasteiger charge is -2.44. The molecule has 1 aromatic rings. The molecule has 5 heteroatoms. The number of piperazine rings is 1. The molecule has 1 aliphatic heterocycles. The van der Waals surface area contributed by atoms with Gasteiger partial charge >= 0.3 is 0 Å². The maximum Gasteiger partial charge on any atom is 0.211 e. The van der Waals surface area contributed by atoms with E-state index in [9.17, 15) is 8.42 Å². The van der Waals surface area contributed by atoms with Crippen LogP contribution in [0.25, 0.3) is 0 Å². The highest BCUT2D eigenvalue weighted by Crippen LogP contribution is 2.22. The Bertz CT molecular complexity index is 526. The molecule has 0 saturated carbocycles. The summed E-state index contributed by atoms with van der Waals surface area (Å²) in [7, 11) is -3.17. The standard InChI is InChI=1S/C14H22N2O2S/c1-14(2)11-15-13(10-16(14)19(3,17)18)9-12-7-5-4-6-8-12/h4-8,13,15H,9-11H2,1-3H3. The third-order valence-corrected chi connectivity index (χ3v) is 5.05. The Morgan fingerprint density at radius 2 is 1.95 bits per heavy atom. The summed E-state index contributed by atoms with van der Waals surface area (Å²) in [5.74, 6) is 0. The van der Waals surface area contributed by atoms with Gasteiger partial charge < -0.3 is 5.32 Å². The van der Waals surface area contributed by atoms with Crippen LogP contribution in [0.3, 0.4) is 0 Å². The van der Waals surface area contributed by atoms with Crippen LogP contribution in [0.15, 0.2) is 30.3 Å². The van der Waals surface area contributed by atoms with Crippen LogP contribution in [-0.4, -0.2) is 43.6 Å². The third kappa shape index (κ3) is 3.55. The lowest BCUT2D eigenvalue weighted by Crippen LogP contribution is -2.63. The molecule has 1 N–H and O–H groups in total. The van der Waals surface area contributed by atoms with Crippen LogP contribution >= 0.6 is 0 Å². The van der Waals surface area contributed by atoms with Crippen LogP contribution in [0.5, 0.6) is 0 Å². The minimum absolute atomic E-state index is 0.171. The minimum Gasteiger partial charge on any atom is -0.310 e. The highest BCUT2D eigenvalue weighted by atomic mass is 32.2. The average Bonchev–Trinajstić information content (AvgIpc) is 2.31. The Morgan fingerprint density at radius 3 is 2.53 bits per heavy atom. The van der Waals surface area contributed by atoms with Crippen LogP contribution in [-0.2, 0) is 16.4 Å². The van der Waals surface area contributed by atoms with Gasteiger partial charge in [0.1, 0.15) is 0 Å². The fourth-order valence-electron chi connectivity index (χ4n) is 2.61. The number of rotatable bonds is 3. The van der Waals surface area contributed by atoms with Crippen molar-refractivity contribution in [3.8, 4) is 0 Å². The Balaban J connectivity index is 2.11. The first-order valence-electron chi connectivity index (χ1n) is 6.54. The van der Waals surface area contributed by atoms with Gasteiger partial charge in [-0.05, 0) is 25.8 Å².